The Kier molecular flexibility index (Phi) is 7.45. The highest BCUT2D eigenvalue weighted by Gasteiger charge is 2.01. The summed E-state index contributed by atoms with van der Waals surface area (Å²) in [5.74, 6) is 0. The molecule has 0 amide bonds. The van der Waals surface area contributed by atoms with Crippen LogP contribution in [-0.2, 0) is 4.84 Å². The molecule has 0 fully saturated rings. The van der Waals surface area contributed by atoms with Crippen LogP contribution in [0.3, 0.4) is 0 Å². The molecule has 3 nitrogen and oxygen atoms in total. The third-order valence-corrected chi connectivity index (χ3v) is 1.91. The smallest absolute Gasteiger partial charge is 0.0654 e. The first-order valence-corrected chi connectivity index (χ1v) is 4.76. The van der Waals surface area contributed by atoms with E-state index in [1.807, 2.05) is 6.92 Å². The molecule has 1 atom stereocenters. The molecule has 0 aliphatic rings. The highest BCUT2D eigenvalue weighted by molar-refractivity contribution is 4.57. The minimum atomic E-state index is 0.443. The number of hydrogen-bond acceptors (Lipinski definition) is 3. The van der Waals surface area contributed by atoms with Crippen molar-refractivity contribution in [2.75, 3.05) is 26.7 Å². The molecular weight excluding hydrogens is 152 g/mol. The summed E-state index contributed by atoms with van der Waals surface area (Å²) in [5.41, 5.74) is 2.99. The molecule has 0 saturated carbocycles. The zero-order valence-corrected chi connectivity index (χ0v) is 8.76. The lowest BCUT2D eigenvalue weighted by molar-refractivity contribution is 0.0252. The molecule has 0 aliphatic carbocycles. The molecule has 0 heterocycles. The first kappa shape index (κ1) is 11.9. The monoisotopic (exact) mass is 174 g/mol. The standard InChI is InChI=1S/C9H22N2O/c1-5-11(4)8-7-9(3)10-12-6-2/h9-10H,5-8H2,1-4H3. The van der Waals surface area contributed by atoms with Gasteiger partial charge in [0.2, 0.25) is 0 Å². The summed E-state index contributed by atoms with van der Waals surface area (Å²) >= 11 is 0. The Hall–Kier alpha value is -0.120. The van der Waals surface area contributed by atoms with Crippen LogP contribution >= 0.6 is 0 Å². The van der Waals surface area contributed by atoms with Gasteiger partial charge in [-0.15, -0.1) is 0 Å². The van der Waals surface area contributed by atoms with E-state index in [-0.39, 0.29) is 0 Å². The van der Waals surface area contributed by atoms with Crippen LogP contribution in [-0.4, -0.2) is 37.7 Å². The van der Waals surface area contributed by atoms with Crippen LogP contribution in [0.4, 0.5) is 0 Å². The molecular formula is C9H22N2O. The second-order valence-electron chi connectivity index (χ2n) is 3.14. The molecule has 0 radical (unpaired) electrons. The molecule has 0 saturated heterocycles. The third-order valence-electron chi connectivity index (χ3n) is 1.91. The van der Waals surface area contributed by atoms with E-state index in [0.29, 0.717) is 6.04 Å². The van der Waals surface area contributed by atoms with Crippen LogP contribution in [0.1, 0.15) is 27.2 Å². The van der Waals surface area contributed by atoms with Gasteiger partial charge < -0.3 is 9.74 Å². The molecule has 0 aromatic carbocycles. The third kappa shape index (κ3) is 6.58. The van der Waals surface area contributed by atoms with Gasteiger partial charge in [-0.2, -0.15) is 5.48 Å². The summed E-state index contributed by atoms with van der Waals surface area (Å²) in [7, 11) is 2.13. The molecule has 12 heavy (non-hydrogen) atoms. The highest BCUT2D eigenvalue weighted by atomic mass is 16.6. The Labute approximate surface area is 76.0 Å². The zero-order chi connectivity index (χ0) is 9.40. The Morgan fingerprint density at radius 1 is 1.42 bits per heavy atom. The van der Waals surface area contributed by atoms with E-state index in [9.17, 15) is 0 Å². The van der Waals surface area contributed by atoms with Gasteiger partial charge in [-0.05, 0) is 40.4 Å². The van der Waals surface area contributed by atoms with E-state index < -0.39 is 0 Å². The number of nitrogens with one attached hydrogen (secondary N) is 1. The maximum absolute atomic E-state index is 5.09. The summed E-state index contributed by atoms with van der Waals surface area (Å²) in [4.78, 5) is 7.39. The van der Waals surface area contributed by atoms with Crippen molar-refractivity contribution in [2.45, 2.75) is 33.2 Å². The van der Waals surface area contributed by atoms with E-state index in [1.54, 1.807) is 0 Å². The Balaban J connectivity index is 3.24. The normalized spacial score (nSPS) is 13.8. The zero-order valence-electron chi connectivity index (χ0n) is 8.76. The lowest BCUT2D eigenvalue weighted by atomic mass is 10.2. The van der Waals surface area contributed by atoms with Crippen molar-refractivity contribution in [3.8, 4) is 0 Å². The summed E-state index contributed by atoms with van der Waals surface area (Å²) < 4.78 is 0. The van der Waals surface area contributed by atoms with Crippen molar-refractivity contribution < 1.29 is 4.84 Å². The Bertz CT molecular complexity index is 98.5. The summed E-state index contributed by atoms with van der Waals surface area (Å²) in [6.07, 6.45) is 1.13. The van der Waals surface area contributed by atoms with Gasteiger partial charge in [0, 0.05) is 6.04 Å². The molecule has 0 aromatic rings. The Morgan fingerprint density at radius 3 is 2.58 bits per heavy atom. The van der Waals surface area contributed by atoms with E-state index in [4.69, 9.17) is 4.84 Å². The summed E-state index contributed by atoms with van der Waals surface area (Å²) in [5, 5.41) is 0. The predicted octanol–water partition coefficient (Wildman–Crippen LogP) is 1.26. The van der Waals surface area contributed by atoms with Gasteiger partial charge in [0.15, 0.2) is 0 Å². The van der Waals surface area contributed by atoms with Crippen LogP contribution in [0, 0.1) is 0 Å². The molecule has 3 heteroatoms. The second-order valence-corrected chi connectivity index (χ2v) is 3.14. The highest BCUT2D eigenvalue weighted by Crippen LogP contribution is 1.93. The van der Waals surface area contributed by atoms with Gasteiger partial charge in [0.1, 0.15) is 0 Å². The van der Waals surface area contributed by atoms with Crippen molar-refractivity contribution in [2.24, 2.45) is 0 Å². The van der Waals surface area contributed by atoms with Crippen molar-refractivity contribution >= 4 is 0 Å². The average Bonchev–Trinajstić information content (AvgIpc) is 2.10. The quantitative estimate of drug-likeness (QED) is 0.588. The van der Waals surface area contributed by atoms with Crippen LogP contribution in [0.2, 0.25) is 0 Å². The molecule has 0 aliphatic heterocycles. The molecule has 74 valence electrons. The Morgan fingerprint density at radius 2 is 2.08 bits per heavy atom. The van der Waals surface area contributed by atoms with Gasteiger partial charge in [-0.25, -0.2) is 0 Å². The van der Waals surface area contributed by atoms with Crippen molar-refractivity contribution in [1.29, 1.82) is 0 Å². The lowest BCUT2D eigenvalue weighted by Gasteiger charge is -2.17. The van der Waals surface area contributed by atoms with Crippen molar-refractivity contribution in [3.63, 3.8) is 0 Å². The van der Waals surface area contributed by atoms with Crippen molar-refractivity contribution in [1.82, 2.24) is 10.4 Å². The van der Waals surface area contributed by atoms with Gasteiger partial charge in [0.05, 0.1) is 6.61 Å². The maximum atomic E-state index is 5.09. The van der Waals surface area contributed by atoms with Crippen LogP contribution in [0.5, 0.6) is 0 Å². The summed E-state index contributed by atoms with van der Waals surface area (Å²) in [6.45, 7) is 9.25. The summed E-state index contributed by atoms with van der Waals surface area (Å²) in [6, 6.07) is 0.443. The van der Waals surface area contributed by atoms with Crippen molar-refractivity contribution in [3.05, 3.63) is 0 Å². The number of rotatable bonds is 7. The fourth-order valence-corrected chi connectivity index (χ4v) is 0.857. The first-order valence-electron chi connectivity index (χ1n) is 4.76. The van der Waals surface area contributed by atoms with E-state index in [1.165, 1.54) is 0 Å². The predicted molar refractivity (Wildman–Crippen MR) is 52.0 cm³/mol. The molecule has 0 rings (SSSR count). The van der Waals surface area contributed by atoms with Gasteiger partial charge in [0.25, 0.3) is 0 Å². The number of hydroxylamine groups is 1. The largest absolute Gasteiger partial charge is 0.307 e. The fourth-order valence-electron chi connectivity index (χ4n) is 0.857. The first-order chi connectivity index (χ1) is 5.70. The van der Waals surface area contributed by atoms with Gasteiger partial charge >= 0.3 is 0 Å². The van der Waals surface area contributed by atoms with Crippen LogP contribution in [0.15, 0.2) is 0 Å². The maximum Gasteiger partial charge on any atom is 0.0654 e. The number of nitrogens with zero attached hydrogens (tertiary/aromatic N) is 1. The van der Waals surface area contributed by atoms with E-state index in [0.717, 1.165) is 26.1 Å². The lowest BCUT2D eigenvalue weighted by Crippen LogP contribution is -2.30. The van der Waals surface area contributed by atoms with E-state index >= 15 is 0 Å². The SMILES string of the molecule is CCONC(C)CCN(C)CC. The molecule has 0 aromatic heterocycles. The molecule has 0 bridgehead atoms. The number of hydrogen-bond donors (Lipinski definition) is 1. The molecule has 0 spiro atoms. The minimum Gasteiger partial charge on any atom is -0.307 e. The molecule has 1 N–H and O–H groups in total. The molecule has 1 unspecified atom stereocenters. The topological polar surface area (TPSA) is 24.5 Å². The average molecular weight is 174 g/mol. The van der Waals surface area contributed by atoms with Gasteiger partial charge in [-0.3, -0.25) is 0 Å². The van der Waals surface area contributed by atoms with Crippen LogP contribution in [0.25, 0.3) is 0 Å². The minimum absolute atomic E-state index is 0.443. The fraction of sp³-hybridized carbons (Fsp3) is 1.00. The second kappa shape index (κ2) is 7.53. The van der Waals surface area contributed by atoms with E-state index in [2.05, 4.69) is 31.3 Å². The van der Waals surface area contributed by atoms with Gasteiger partial charge in [-0.1, -0.05) is 6.92 Å². The van der Waals surface area contributed by atoms with Crippen LogP contribution < -0.4 is 5.48 Å².